The van der Waals surface area contributed by atoms with E-state index in [1.54, 1.807) is 0 Å². The number of halogens is 1. The van der Waals surface area contributed by atoms with Gasteiger partial charge in [-0.25, -0.2) is 4.98 Å². The lowest BCUT2D eigenvalue weighted by molar-refractivity contribution is 0.461. The van der Waals surface area contributed by atoms with Gasteiger partial charge in [-0.15, -0.1) is 35.9 Å². The van der Waals surface area contributed by atoms with Crippen molar-refractivity contribution in [3.8, 4) is 11.6 Å². The second-order valence-corrected chi connectivity index (χ2v) is 8.78. The fourth-order valence-electron chi connectivity index (χ4n) is 2.66. The highest BCUT2D eigenvalue weighted by Crippen LogP contribution is 2.44. The quantitative estimate of drug-likeness (QED) is 0.331. The molecule has 0 saturated heterocycles. The average Bonchev–Trinajstić information content (AvgIpc) is 2.69. The number of para-hydroxylation sites is 2. The first kappa shape index (κ1) is 21.9. The van der Waals surface area contributed by atoms with Gasteiger partial charge in [0.05, 0.1) is 10.1 Å². The molecular formula is C22H26ClNOS2. The third-order valence-electron chi connectivity index (χ3n) is 3.91. The highest BCUT2D eigenvalue weighted by atomic mass is 35.5. The molecule has 1 heterocycles. The third-order valence-corrected chi connectivity index (χ3v) is 7.12. The third kappa shape index (κ3) is 6.06. The summed E-state index contributed by atoms with van der Waals surface area (Å²) in [4.78, 5) is 4.66. The Kier molecular flexibility index (Phi) is 9.32. The number of hydrogen-bond donors (Lipinski definition) is 0. The second-order valence-electron chi connectivity index (χ2n) is 6.06. The van der Waals surface area contributed by atoms with Crippen LogP contribution >= 0.6 is 35.9 Å². The molecular weight excluding hydrogens is 394 g/mol. The van der Waals surface area contributed by atoms with E-state index >= 15 is 0 Å². The van der Waals surface area contributed by atoms with Crippen LogP contribution in [0.5, 0.6) is 11.6 Å². The summed E-state index contributed by atoms with van der Waals surface area (Å²) in [5.74, 6) is 3.87. The molecule has 3 aromatic rings. The summed E-state index contributed by atoms with van der Waals surface area (Å²) in [5.41, 5.74) is 2.21. The van der Waals surface area contributed by atoms with Crippen molar-refractivity contribution < 1.29 is 4.74 Å². The zero-order valence-electron chi connectivity index (χ0n) is 15.8. The summed E-state index contributed by atoms with van der Waals surface area (Å²) in [6.45, 7) is 4.46. The molecule has 27 heavy (non-hydrogen) atoms. The lowest BCUT2D eigenvalue weighted by Gasteiger charge is -2.19. The molecule has 144 valence electrons. The van der Waals surface area contributed by atoms with Gasteiger partial charge in [-0.05, 0) is 42.5 Å². The number of rotatable bonds is 9. The van der Waals surface area contributed by atoms with Gasteiger partial charge >= 0.3 is 0 Å². The zero-order valence-corrected chi connectivity index (χ0v) is 18.2. The van der Waals surface area contributed by atoms with E-state index in [1.165, 1.54) is 18.4 Å². The molecule has 2 nitrogen and oxygen atoms in total. The van der Waals surface area contributed by atoms with Crippen LogP contribution in [0.25, 0.3) is 10.9 Å². The Labute approximate surface area is 176 Å². The number of thioether (sulfide) groups is 2. The summed E-state index contributed by atoms with van der Waals surface area (Å²) < 4.78 is 6.62. The van der Waals surface area contributed by atoms with Crippen molar-refractivity contribution in [2.24, 2.45) is 0 Å². The first-order valence-corrected chi connectivity index (χ1v) is 11.3. The standard InChI is InChI=1S/C22H25NOS2.ClH/c1-3-15-25-22(26-16-4-2)18-10-6-8-12-20(18)24-21-14-13-17-9-5-7-11-19(17)23-21;/h5-14,22H,3-4,15-16H2,1-2H3;1H. The Morgan fingerprint density at radius 1 is 0.852 bits per heavy atom. The topological polar surface area (TPSA) is 22.1 Å². The lowest BCUT2D eigenvalue weighted by Crippen LogP contribution is -1.98. The minimum Gasteiger partial charge on any atom is -0.439 e. The van der Waals surface area contributed by atoms with Crippen molar-refractivity contribution in [2.75, 3.05) is 11.5 Å². The predicted octanol–water partition coefficient (Wildman–Crippen LogP) is 7.73. The molecule has 0 aliphatic heterocycles. The Balaban J connectivity index is 0.00000261. The Morgan fingerprint density at radius 3 is 2.26 bits per heavy atom. The molecule has 0 aliphatic rings. The molecule has 0 radical (unpaired) electrons. The van der Waals surface area contributed by atoms with Crippen LogP contribution in [0.2, 0.25) is 0 Å². The van der Waals surface area contributed by atoms with Gasteiger partial charge in [0.25, 0.3) is 0 Å². The summed E-state index contributed by atoms with van der Waals surface area (Å²) in [5, 5.41) is 1.13. The Hall–Kier alpha value is -1.36. The van der Waals surface area contributed by atoms with Crippen LogP contribution in [0.3, 0.4) is 0 Å². The van der Waals surface area contributed by atoms with E-state index in [2.05, 4.69) is 49.2 Å². The normalized spacial score (nSPS) is 10.8. The van der Waals surface area contributed by atoms with E-state index in [4.69, 9.17) is 4.74 Å². The molecule has 5 heteroatoms. The maximum Gasteiger partial charge on any atom is 0.219 e. The predicted molar refractivity (Wildman–Crippen MR) is 124 cm³/mol. The van der Waals surface area contributed by atoms with E-state index in [1.807, 2.05) is 53.9 Å². The van der Waals surface area contributed by atoms with Crippen LogP contribution in [0, 0.1) is 0 Å². The van der Waals surface area contributed by atoms with E-state index in [0.717, 1.165) is 28.2 Å². The molecule has 0 saturated carbocycles. The first-order valence-electron chi connectivity index (χ1n) is 9.17. The SMILES string of the molecule is CCCSC(SCCC)c1ccccc1Oc1ccc2ccccc2n1.Cl. The number of hydrogen-bond acceptors (Lipinski definition) is 4. The van der Waals surface area contributed by atoms with Gasteiger partial charge in [0.2, 0.25) is 5.88 Å². The van der Waals surface area contributed by atoms with Gasteiger partial charge in [0.15, 0.2) is 0 Å². The maximum absolute atomic E-state index is 6.22. The maximum atomic E-state index is 6.22. The van der Waals surface area contributed by atoms with Crippen molar-refractivity contribution in [3.05, 3.63) is 66.2 Å². The average molecular weight is 420 g/mol. The van der Waals surface area contributed by atoms with Gasteiger partial charge in [-0.2, -0.15) is 0 Å². The molecule has 0 spiro atoms. The van der Waals surface area contributed by atoms with Crippen molar-refractivity contribution >= 4 is 46.8 Å². The fourth-order valence-corrected chi connectivity index (χ4v) is 5.27. The van der Waals surface area contributed by atoms with Gasteiger partial charge in [-0.3, -0.25) is 0 Å². The fraction of sp³-hybridized carbons (Fsp3) is 0.318. The Bertz CT molecular complexity index is 835. The van der Waals surface area contributed by atoms with Crippen LogP contribution in [0.1, 0.15) is 36.8 Å². The molecule has 0 fully saturated rings. The molecule has 0 aliphatic carbocycles. The van der Waals surface area contributed by atoms with Crippen LogP contribution in [0.4, 0.5) is 0 Å². The monoisotopic (exact) mass is 419 g/mol. The smallest absolute Gasteiger partial charge is 0.219 e. The Morgan fingerprint density at radius 2 is 1.52 bits per heavy atom. The van der Waals surface area contributed by atoms with Crippen LogP contribution < -0.4 is 4.74 Å². The molecule has 0 amide bonds. The number of aromatic nitrogens is 1. The van der Waals surface area contributed by atoms with Crippen LogP contribution in [-0.4, -0.2) is 16.5 Å². The summed E-state index contributed by atoms with van der Waals surface area (Å²) in [6.07, 6.45) is 2.37. The number of nitrogens with zero attached hydrogens (tertiary/aromatic N) is 1. The van der Waals surface area contributed by atoms with E-state index in [-0.39, 0.29) is 12.4 Å². The number of pyridine rings is 1. The largest absolute Gasteiger partial charge is 0.439 e. The molecule has 0 atom stereocenters. The summed E-state index contributed by atoms with van der Waals surface area (Å²) in [6, 6.07) is 20.5. The van der Waals surface area contributed by atoms with Crippen LogP contribution in [-0.2, 0) is 0 Å². The van der Waals surface area contributed by atoms with Gasteiger partial charge < -0.3 is 4.74 Å². The molecule has 0 unspecified atom stereocenters. The summed E-state index contributed by atoms with van der Waals surface area (Å²) >= 11 is 4.01. The number of benzene rings is 2. The molecule has 0 bridgehead atoms. The summed E-state index contributed by atoms with van der Waals surface area (Å²) in [7, 11) is 0. The van der Waals surface area contributed by atoms with Crippen molar-refractivity contribution in [3.63, 3.8) is 0 Å². The van der Waals surface area contributed by atoms with Gasteiger partial charge in [0.1, 0.15) is 5.75 Å². The minimum atomic E-state index is 0. The molecule has 0 N–H and O–H groups in total. The van der Waals surface area contributed by atoms with Crippen molar-refractivity contribution in [1.29, 1.82) is 0 Å². The molecule has 3 rings (SSSR count). The zero-order chi connectivity index (χ0) is 18.2. The molecule has 1 aromatic heterocycles. The number of ether oxygens (including phenoxy) is 1. The van der Waals surface area contributed by atoms with E-state index < -0.39 is 0 Å². The minimum absolute atomic E-state index is 0. The second kappa shape index (κ2) is 11.5. The van der Waals surface area contributed by atoms with E-state index in [9.17, 15) is 0 Å². The van der Waals surface area contributed by atoms with E-state index in [0.29, 0.717) is 10.5 Å². The highest BCUT2D eigenvalue weighted by molar-refractivity contribution is 8.16. The van der Waals surface area contributed by atoms with Crippen LogP contribution in [0.15, 0.2) is 60.7 Å². The van der Waals surface area contributed by atoms with Crippen molar-refractivity contribution in [1.82, 2.24) is 4.98 Å². The number of fused-ring (bicyclic) bond motifs is 1. The first-order chi connectivity index (χ1) is 12.8. The van der Waals surface area contributed by atoms with Gasteiger partial charge in [0, 0.05) is 17.0 Å². The lowest BCUT2D eigenvalue weighted by atomic mass is 10.2. The molecule has 2 aromatic carbocycles. The highest BCUT2D eigenvalue weighted by Gasteiger charge is 2.17. The van der Waals surface area contributed by atoms with Gasteiger partial charge in [-0.1, -0.05) is 50.2 Å². The van der Waals surface area contributed by atoms with Crippen molar-refractivity contribution in [2.45, 2.75) is 31.3 Å².